The number of amides is 2. The van der Waals surface area contributed by atoms with E-state index >= 15 is 0 Å². The van der Waals surface area contributed by atoms with Crippen LogP contribution in [0, 0.1) is 5.92 Å². The van der Waals surface area contributed by atoms with Gasteiger partial charge in [0.15, 0.2) is 11.5 Å². The molecule has 0 aromatic heterocycles. The highest BCUT2D eigenvalue weighted by Crippen LogP contribution is 2.39. The highest BCUT2D eigenvalue weighted by Gasteiger charge is 2.43. The Balaban J connectivity index is 1.10. The molecule has 0 radical (unpaired) electrons. The zero-order chi connectivity index (χ0) is 22.0. The van der Waals surface area contributed by atoms with Crippen LogP contribution in [0.1, 0.15) is 68.1 Å². The molecule has 4 aliphatic rings. The van der Waals surface area contributed by atoms with Gasteiger partial charge in [0.05, 0.1) is 11.7 Å². The van der Waals surface area contributed by atoms with Crippen molar-refractivity contribution in [2.75, 3.05) is 32.8 Å². The zero-order valence-electron chi connectivity index (χ0n) is 18.8. The molecule has 1 atom stereocenters. The van der Waals surface area contributed by atoms with Gasteiger partial charge in [0, 0.05) is 31.1 Å². The summed E-state index contributed by atoms with van der Waals surface area (Å²) in [5, 5.41) is 3.14. The Kier molecular flexibility index (Phi) is 6.26. The molecule has 0 bridgehead atoms. The second kappa shape index (κ2) is 9.30. The predicted molar refractivity (Wildman–Crippen MR) is 119 cm³/mol. The molecule has 1 aromatic carbocycles. The van der Waals surface area contributed by atoms with Crippen molar-refractivity contribution in [3.8, 4) is 11.5 Å². The fraction of sp³-hybridized carbons (Fsp3) is 0.680. The van der Waals surface area contributed by atoms with Crippen molar-refractivity contribution >= 4 is 11.8 Å². The van der Waals surface area contributed by atoms with E-state index < -0.39 is 0 Å². The molecule has 1 unspecified atom stereocenters. The standard InChI is InChI=1S/C25H34N2O5/c28-23(18-4-2-1-3-5-18)26-17-20-8-9-25(32-20)10-12-27(13-11-25)24(29)19-6-7-21-22(16-19)31-15-14-30-21/h6-7,16,18,20H,1-5,8-15,17H2,(H,26,28). The third kappa shape index (κ3) is 4.58. The summed E-state index contributed by atoms with van der Waals surface area (Å²) in [5.41, 5.74) is 0.491. The Bertz CT molecular complexity index is 843. The van der Waals surface area contributed by atoms with Crippen molar-refractivity contribution < 1.29 is 23.8 Å². The quantitative estimate of drug-likeness (QED) is 0.774. The van der Waals surface area contributed by atoms with Crippen LogP contribution in [0.2, 0.25) is 0 Å². The number of ether oxygens (including phenoxy) is 3. The average Bonchev–Trinajstić information content (AvgIpc) is 3.25. The van der Waals surface area contributed by atoms with Crippen molar-refractivity contribution in [2.24, 2.45) is 5.92 Å². The number of carbonyl (C=O) groups is 2. The number of hydrogen-bond acceptors (Lipinski definition) is 5. The van der Waals surface area contributed by atoms with E-state index in [1.54, 1.807) is 6.07 Å². The first kappa shape index (κ1) is 21.6. The van der Waals surface area contributed by atoms with Gasteiger partial charge in [-0.25, -0.2) is 0 Å². The van der Waals surface area contributed by atoms with Crippen molar-refractivity contribution in [1.29, 1.82) is 0 Å². The van der Waals surface area contributed by atoms with Gasteiger partial charge < -0.3 is 24.4 Å². The third-order valence-corrected chi connectivity index (χ3v) is 7.57. The van der Waals surface area contributed by atoms with Gasteiger partial charge in [-0.1, -0.05) is 19.3 Å². The molecule has 7 nitrogen and oxygen atoms in total. The molecule has 32 heavy (non-hydrogen) atoms. The first-order valence-corrected chi connectivity index (χ1v) is 12.3. The molecule has 3 fully saturated rings. The van der Waals surface area contributed by atoms with Gasteiger partial charge in [0.25, 0.3) is 5.91 Å². The van der Waals surface area contributed by atoms with Crippen LogP contribution in [-0.2, 0) is 9.53 Å². The number of likely N-dealkylation sites (tertiary alicyclic amines) is 1. The van der Waals surface area contributed by atoms with Gasteiger partial charge in [-0.05, 0) is 56.7 Å². The third-order valence-electron chi connectivity index (χ3n) is 7.57. The molecule has 1 aromatic rings. The number of rotatable bonds is 4. The lowest BCUT2D eigenvalue weighted by atomic mass is 9.88. The normalized spacial score (nSPS) is 25.0. The molecule has 1 spiro atoms. The van der Waals surface area contributed by atoms with E-state index in [4.69, 9.17) is 14.2 Å². The number of fused-ring (bicyclic) bond motifs is 1. The van der Waals surface area contributed by atoms with E-state index in [1.807, 2.05) is 17.0 Å². The molecule has 2 amide bonds. The maximum absolute atomic E-state index is 13.0. The van der Waals surface area contributed by atoms with Gasteiger partial charge in [-0.15, -0.1) is 0 Å². The molecule has 1 N–H and O–H groups in total. The molecule has 5 rings (SSSR count). The first-order valence-electron chi connectivity index (χ1n) is 12.3. The Hall–Kier alpha value is -2.28. The summed E-state index contributed by atoms with van der Waals surface area (Å²) in [4.78, 5) is 27.4. The highest BCUT2D eigenvalue weighted by atomic mass is 16.6. The fourth-order valence-electron chi connectivity index (χ4n) is 5.61. The van der Waals surface area contributed by atoms with E-state index in [1.165, 1.54) is 19.3 Å². The lowest BCUT2D eigenvalue weighted by molar-refractivity contribution is -0.127. The number of piperidine rings is 1. The van der Waals surface area contributed by atoms with Gasteiger partial charge in [0.1, 0.15) is 13.2 Å². The van der Waals surface area contributed by atoms with E-state index in [-0.39, 0.29) is 29.4 Å². The Morgan fingerprint density at radius 1 is 0.969 bits per heavy atom. The van der Waals surface area contributed by atoms with E-state index in [9.17, 15) is 9.59 Å². The lowest BCUT2D eigenvalue weighted by Gasteiger charge is -2.39. The van der Waals surface area contributed by atoms with E-state index in [0.717, 1.165) is 38.5 Å². The van der Waals surface area contributed by atoms with Gasteiger partial charge in [0.2, 0.25) is 5.91 Å². The topological polar surface area (TPSA) is 77.1 Å². The van der Waals surface area contributed by atoms with E-state index in [2.05, 4.69) is 5.32 Å². The summed E-state index contributed by atoms with van der Waals surface area (Å²) >= 11 is 0. The molecule has 174 valence electrons. The van der Waals surface area contributed by atoms with Crippen LogP contribution in [-0.4, -0.2) is 61.3 Å². The predicted octanol–water partition coefficient (Wildman–Crippen LogP) is 3.31. The monoisotopic (exact) mass is 442 g/mol. The first-order chi connectivity index (χ1) is 15.6. The van der Waals surface area contributed by atoms with Crippen LogP contribution in [0.3, 0.4) is 0 Å². The maximum Gasteiger partial charge on any atom is 0.253 e. The molecule has 1 aliphatic carbocycles. The van der Waals surface area contributed by atoms with Crippen LogP contribution in [0.5, 0.6) is 11.5 Å². The van der Waals surface area contributed by atoms with Crippen LogP contribution < -0.4 is 14.8 Å². The van der Waals surface area contributed by atoms with Crippen LogP contribution in [0.15, 0.2) is 18.2 Å². The van der Waals surface area contributed by atoms with Gasteiger partial charge in [-0.2, -0.15) is 0 Å². The van der Waals surface area contributed by atoms with Crippen molar-refractivity contribution in [2.45, 2.75) is 69.5 Å². The van der Waals surface area contributed by atoms with Crippen molar-refractivity contribution in [1.82, 2.24) is 10.2 Å². The molecule has 3 aliphatic heterocycles. The smallest absolute Gasteiger partial charge is 0.253 e. The summed E-state index contributed by atoms with van der Waals surface area (Å²) < 4.78 is 17.6. The maximum atomic E-state index is 13.0. The summed E-state index contributed by atoms with van der Waals surface area (Å²) in [6, 6.07) is 5.43. The summed E-state index contributed by atoms with van der Waals surface area (Å²) in [6.07, 6.45) is 9.39. The zero-order valence-corrected chi connectivity index (χ0v) is 18.8. The molecular weight excluding hydrogens is 408 g/mol. The summed E-state index contributed by atoms with van der Waals surface area (Å²) in [7, 11) is 0. The van der Waals surface area contributed by atoms with Gasteiger partial charge in [-0.3, -0.25) is 9.59 Å². The minimum atomic E-state index is -0.149. The van der Waals surface area contributed by atoms with Crippen LogP contribution in [0.4, 0.5) is 0 Å². The largest absolute Gasteiger partial charge is 0.486 e. The fourth-order valence-corrected chi connectivity index (χ4v) is 5.61. The number of nitrogens with zero attached hydrogens (tertiary/aromatic N) is 1. The lowest BCUT2D eigenvalue weighted by Crippen LogP contribution is -2.47. The number of nitrogens with one attached hydrogen (secondary N) is 1. The number of hydrogen-bond donors (Lipinski definition) is 1. The molecule has 3 heterocycles. The molecule has 2 saturated heterocycles. The SMILES string of the molecule is O=C(NCC1CCC2(CCN(C(=O)c3ccc4c(c3)OCCO4)CC2)O1)C1CCCCC1. The second-order valence-electron chi connectivity index (χ2n) is 9.69. The number of carbonyl (C=O) groups excluding carboxylic acids is 2. The average molecular weight is 443 g/mol. The molecule has 1 saturated carbocycles. The molecule has 7 heteroatoms. The van der Waals surface area contributed by atoms with Crippen molar-refractivity contribution in [3.63, 3.8) is 0 Å². The number of benzene rings is 1. The van der Waals surface area contributed by atoms with E-state index in [0.29, 0.717) is 49.9 Å². The van der Waals surface area contributed by atoms with Crippen LogP contribution >= 0.6 is 0 Å². The molecular formula is C25H34N2O5. The second-order valence-corrected chi connectivity index (χ2v) is 9.69. The highest BCUT2D eigenvalue weighted by molar-refractivity contribution is 5.95. The minimum Gasteiger partial charge on any atom is -0.486 e. The summed E-state index contributed by atoms with van der Waals surface area (Å²) in [6.45, 7) is 3.04. The Morgan fingerprint density at radius 3 is 2.50 bits per heavy atom. The van der Waals surface area contributed by atoms with Crippen LogP contribution in [0.25, 0.3) is 0 Å². The summed E-state index contributed by atoms with van der Waals surface area (Å²) in [5.74, 6) is 1.77. The Morgan fingerprint density at radius 2 is 1.72 bits per heavy atom. The Labute approximate surface area is 189 Å². The van der Waals surface area contributed by atoms with Gasteiger partial charge >= 0.3 is 0 Å². The minimum absolute atomic E-state index is 0.0334. The van der Waals surface area contributed by atoms with Crippen molar-refractivity contribution in [3.05, 3.63) is 23.8 Å².